The van der Waals surface area contributed by atoms with Crippen molar-refractivity contribution in [2.45, 2.75) is 32.2 Å². The molecule has 1 amide bonds. The van der Waals surface area contributed by atoms with Gasteiger partial charge in [0.15, 0.2) is 5.69 Å². The summed E-state index contributed by atoms with van der Waals surface area (Å²) in [6.45, 7) is 3.30. The largest absolute Gasteiger partial charge is 0.395 e. The Morgan fingerprint density at radius 3 is 3.12 bits per heavy atom. The van der Waals surface area contributed by atoms with Crippen LogP contribution in [0.4, 0.5) is 5.69 Å². The number of nitrogens with two attached hydrogens (primary N) is 1. The van der Waals surface area contributed by atoms with Gasteiger partial charge in [-0.15, -0.1) is 0 Å². The summed E-state index contributed by atoms with van der Waals surface area (Å²) in [6, 6.07) is 0.0671. The normalized spacial score (nSPS) is 20.2. The number of nitrogen functional groups attached to an aromatic ring is 1. The first kappa shape index (κ1) is 11.9. The molecular weight excluding hydrogens is 220 g/mol. The second-order valence-electron chi connectivity index (χ2n) is 4.21. The van der Waals surface area contributed by atoms with E-state index in [0.717, 1.165) is 31.6 Å². The number of hydrogen-bond donors (Lipinski definition) is 3. The second kappa shape index (κ2) is 5.18. The number of rotatable bonds is 3. The van der Waals surface area contributed by atoms with Crippen molar-refractivity contribution >= 4 is 11.6 Å². The quantitative estimate of drug-likeness (QED) is 0.713. The number of amides is 1. The molecule has 1 aromatic rings. The third kappa shape index (κ3) is 2.58. The third-order valence-corrected chi connectivity index (χ3v) is 2.95. The Balaban J connectivity index is 2.01. The predicted molar refractivity (Wildman–Crippen MR) is 63.7 cm³/mol. The van der Waals surface area contributed by atoms with Gasteiger partial charge in [-0.2, -0.15) is 5.10 Å². The first-order chi connectivity index (χ1) is 8.22. The number of aryl methyl sites for hydroxylation is 1. The number of H-pyrrole nitrogens is 1. The van der Waals surface area contributed by atoms with Crippen molar-refractivity contribution in [3.8, 4) is 0 Å². The molecule has 1 aromatic heterocycles. The van der Waals surface area contributed by atoms with Crippen molar-refractivity contribution in [2.24, 2.45) is 0 Å². The zero-order valence-corrected chi connectivity index (χ0v) is 9.95. The Kier molecular flexibility index (Phi) is 3.63. The molecule has 1 atom stereocenters. The maximum Gasteiger partial charge on any atom is 0.274 e. The molecule has 2 heterocycles. The first-order valence-electron chi connectivity index (χ1n) is 5.93. The highest BCUT2D eigenvalue weighted by molar-refractivity contribution is 5.97. The van der Waals surface area contributed by atoms with E-state index in [0.29, 0.717) is 12.3 Å². The van der Waals surface area contributed by atoms with Gasteiger partial charge in [0.25, 0.3) is 5.91 Å². The number of carbonyl (C=O) groups is 1. The van der Waals surface area contributed by atoms with E-state index in [1.807, 2.05) is 6.92 Å². The number of carbonyl (C=O) groups excluding carboxylic acids is 1. The number of aromatic amines is 1. The van der Waals surface area contributed by atoms with Crippen LogP contribution in [0.2, 0.25) is 0 Å². The number of anilines is 1. The summed E-state index contributed by atoms with van der Waals surface area (Å²) < 4.78 is 5.30. The van der Waals surface area contributed by atoms with Gasteiger partial charge in [-0.25, -0.2) is 0 Å². The van der Waals surface area contributed by atoms with Crippen LogP contribution in [-0.4, -0.2) is 35.4 Å². The molecule has 0 bridgehead atoms. The highest BCUT2D eigenvalue weighted by atomic mass is 16.5. The maximum absolute atomic E-state index is 11.9. The van der Waals surface area contributed by atoms with Crippen LogP contribution >= 0.6 is 0 Å². The fourth-order valence-corrected chi connectivity index (χ4v) is 1.94. The van der Waals surface area contributed by atoms with Crippen molar-refractivity contribution in [3.05, 3.63) is 11.4 Å². The molecule has 2 rings (SSSR count). The lowest BCUT2D eigenvalue weighted by Gasteiger charge is -2.22. The number of hydrogen-bond acceptors (Lipinski definition) is 4. The van der Waals surface area contributed by atoms with Crippen LogP contribution in [0.15, 0.2) is 0 Å². The molecule has 4 N–H and O–H groups in total. The minimum atomic E-state index is -0.228. The number of nitrogens with one attached hydrogen (secondary N) is 2. The summed E-state index contributed by atoms with van der Waals surface area (Å²) in [5.41, 5.74) is 7.37. The molecule has 94 valence electrons. The monoisotopic (exact) mass is 238 g/mol. The van der Waals surface area contributed by atoms with Crippen LogP contribution in [0, 0.1) is 0 Å². The second-order valence-corrected chi connectivity index (χ2v) is 4.21. The molecule has 0 saturated carbocycles. The number of nitrogens with zero attached hydrogens (tertiary/aromatic N) is 1. The molecule has 0 aliphatic carbocycles. The summed E-state index contributed by atoms with van der Waals surface area (Å²) in [5.74, 6) is -0.228. The number of aromatic nitrogens is 2. The zero-order valence-electron chi connectivity index (χ0n) is 9.95. The molecule has 1 aliphatic rings. The molecule has 1 unspecified atom stereocenters. The lowest BCUT2D eigenvalue weighted by atomic mass is 10.1. The Labute approximate surface area is 99.9 Å². The van der Waals surface area contributed by atoms with E-state index >= 15 is 0 Å². The SMILES string of the molecule is CCc1[nH]nc(C(=O)NC2CCCOC2)c1N. The minimum absolute atomic E-state index is 0.0671. The average molecular weight is 238 g/mol. The van der Waals surface area contributed by atoms with Crippen LogP contribution < -0.4 is 11.1 Å². The van der Waals surface area contributed by atoms with Gasteiger partial charge in [-0.1, -0.05) is 6.92 Å². The number of ether oxygens (including phenoxy) is 1. The first-order valence-corrected chi connectivity index (χ1v) is 5.93. The molecule has 6 nitrogen and oxygen atoms in total. The van der Waals surface area contributed by atoms with Gasteiger partial charge in [0.05, 0.1) is 24.0 Å². The highest BCUT2D eigenvalue weighted by Crippen LogP contribution is 2.15. The Morgan fingerprint density at radius 2 is 2.53 bits per heavy atom. The fourth-order valence-electron chi connectivity index (χ4n) is 1.94. The van der Waals surface area contributed by atoms with E-state index < -0.39 is 0 Å². The van der Waals surface area contributed by atoms with Gasteiger partial charge in [0.2, 0.25) is 0 Å². The summed E-state index contributed by atoms with van der Waals surface area (Å²) in [4.78, 5) is 11.9. The zero-order chi connectivity index (χ0) is 12.3. The summed E-state index contributed by atoms with van der Waals surface area (Å²) in [5, 5.41) is 9.61. The Bertz CT molecular complexity index is 396. The predicted octanol–water partition coefficient (Wildman–Crippen LogP) is 0.463. The molecule has 6 heteroatoms. The van der Waals surface area contributed by atoms with Gasteiger partial charge in [-0.3, -0.25) is 9.89 Å². The van der Waals surface area contributed by atoms with Gasteiger partial charge >= 0.3 is 0 Å². The van der Waals surface area contributed by atoms with Crippen molar-refractivity contribution in [2.75, 3.05) is 18.9 Å². The fraction of sp³-hybridized carbons (Fsp3) is 0.636. The van der Waals surface area contributed by atoms with Gasteiger partial charge in [0.1, 0.15) is 0 Å². The molecule has 0 radical (unpaired) electrons. The highest BCUT2D eigenvalue weighted by Gasteiger charge is 2.21. The smallest absolute Gasteiger partial charge is 0.274 e. The molecule has 1 aliphatic heterocycles. The summed E-state index contributed by atoms with van der Waals surface area (Å²) in [7, 11) is 0. The third-order valence-electron chi connectivity index (χ3n) is 2.95. The van der Waals surface area contributed by atoms with Crippen LogP contribution in [0.3, 0.4) is 0 Å². The van der Waals surface area contributed by atoms with Gasteiger partial charge < -0.3 is 15.8 Å². The van der Waals surface area contributed by atoms with Gasteiger partial charge in [0, 0.05) is 6.61 Å². The van der Waals surface area contributed by atoms with Crippen LogP contribution in [0.1, 0.15) is 35.9 Å². The van der Waals surface area contributed by atoms with E-state index in [1.165, 1.54) is 0 Å². The minimum Gasteiger partial charge on any atom is -0.395 e. The molecular formula is C11H18N4O2. The molecule has 1 fully saturated rings. The molecule has 0 spiro atoms. The lowest BCUT2D eigenvalue weighted by molar-refractivity contribution is 0.0622. The molecule has 0 aromatic carbocycles. The van der Waals surface area contributed by atoms with Crippen molar-refractivity contribution in [3.63, 3.8) is 0 Å². The molecule has 17 heavy (non-hydrogen) atoms. The van der Waals surface area contributed by atoms with E-state index in [4.69, 9.17) is 10.5 Å². The standard InChI is InChI=1S/C11H18N4O2/c1-2-8-9(12)10(15-14-8)11(16)13-7-4-3-5-17-6-7/h7H,2-6,12H2,1H3,(H,13,16)(H,14,15). The van der Waals surface area contributed by atoms with Crippen LogP contribution in [0.25, 0.3) is 0 Å². The summed E-state index contributed by atoms with van der Waals surface area (Å²) in [6.07, 6.45) is 2.65. The Hall–Kier alpha value is -1.56. The maximum atomic E-state index is 11.9. The van der Waals surface area contributed by atoms with Gasteiger partial charge in [-0.05, 0) is 19.3 Å². The lowest BCUT2D eigenvalue weighted by Crippen LogP contribution is -2.41. The van der Waals surface area contributed by atoms with Crippen molar-refractivity contribution < 1.29 is 9.53 Å². The Morgan fingerprint density at radius 1 is 1.71 bits per heavy atom. The van der Waals surface area contributed by atoms with Crippen LogP contribution in [-0.2, 0) is 11.2 Å². The molecule has 1 saturated heterocycles. The van der Waals surface area contributed by atoms with Crippen LogP contribution in [0.5, 0.6) is 0 Å². The van der Waals surface area contributed by atoms with E-state index in [9.17, 15) is 4.79 Å². The van der Waals surface area contributed by atoms with E-state index in [2.05, 4.69) is 15.5 Å². The average Bonchev–Trinajstić information content (AvgIpc) is 2.71. The van der Waals surface area contributed by atoms with Crippen molar-refractivity contribution in [1.29, 1.82) is 0 Å². The van der Waals surface area contributed by atoms with E-state index in [-0.39, 0.29) is 17.6 Å². The summed E-state index contributed by atoms with van der Waals surface area (Å²) >= 11 is 0. The van der Waals surface area contributed by atoms with E-state index in [1.54, 1.807) is 0 Å². The topological polar surface area (TPSA) is 93.0 Å². The van der Waals surface area contributed by atoms with Crippen molar-refractivity contribution in [1.82, 2.24) is 15.5 Å².